The van der Waals surface area contributed by atoms with Gasteiger partial charge in [-0.1, -0.05) is 6.07 Å². The summed E-state index contributed by atoms with van der Waals surface area (Å²) in [6.07, 6.45) is 6.20. The van der Waals surface area contributed by atoms with Crippen molar-refractivity contribution in [2.75, 3.05) is 19.7 Å². The van der Waals surface area contributed by atoms with E-state index in [1.54, 1.807) is 18.6 Å². The van der Waals surface area contributed by atoms with Gasteiger partial charge in [0.1, 0.15) is 6.10 Å². The van der Waals surface area contributed by atoms with Gasteiger partial charge in [-0.15, -0.1) is 0 Å². The molecule has 3 heterocycles. The van der Waals surface area contributed by atoms with Gasteiger partial charge in [0.15, 0.2) is 5.82 Å². The molecule has 120 valence electrons. The number of pyridine rings is 1. The number of hydrogen-bond donors (Lipinski definition) is 0. The van der Waals surface area contributed by atoms with Gasteiger partial charge in [0.25, 0.3) is 0 Å². The Morgan fingerprint density at radius 3 is 3.09 bits per heavy atom. The predicted octanol–water partition coefficient (Wildman–Crippen LogP) is 1.71. The summed E-state index contributed by atoms with van der Waals surface area (Å²) in [4.78, 5) is 27.0. The predicted molar refractivity (Wildman–Crippen MR) is 84.6 cm³/mol. The minimum absolute atomic E-state index is 0.134. The topological polar surface area (TPSA) is 68.2 Å². The summed E-state index contributed by atoms with van der Waals surface area (Å²) in [7, 11) is 0. The number of ether oxygens (including phenoxy) is 1. The molecular weight excluding hydrogens is 292 g/mol. The highest BCUT2D eigenvalue weighted by Gasteiger charge is 2.26. The minimum Gasteiger partial charge on any atom is -0.367 e. The largest absolute Gasteiger partial charge is 0.367 e. The highest BCUT2D eigenvalue weighted by atomic mass is 16.5. The molecule has 2 aromatic heterocycles. The Hall–Kier alpha value is -2.34. The van der Waals surface area contributed by atoms with Crippen LogP contribution in [0.15, 0.2) is 36.8 Å². The van der Waals surface area contributed by atoms with E-state index in [9.17, 15) is 4.79 Å². The van der Waals surface area contributed by atoms with Crippen LogP contribution in [0.25, 0.3) is 0 Å². The molecule has 1 aliphatic rings. The van der Waals surface area contributed by atoms with Crippen molar-refractivity contribution in [3.63, 3.8) is 0 Å². The Bertz CT molecular complexity index is 663. The van der Waals surface area contributed by atoms with E-state index in [1.807, 2.05) is 30.0 Å². The number of hydrogen-bond acceptors (Lipinski definition) is 5. The zero-order valence-electron chi connectivity index (χ0n) is 13.2. The van der Waals surface area contributed by atoms with Crippen LogP contribution in [0.4, 0.5) is 0 Å². The molecule has 2 aromatic rings. The van der Waals surface area contributed by atoms with Gasteiger partial charge in [-0.05, 0) is 31.0 Å². The van der Waals surface area contributed by atoms with Crippen LogP contribution >= 0.6 is 0 Å². The van der Waals surface area contributed by atoms with Crippen molar-refractivity contribution in [1.82, 2.24) is 19.9 Å². The maximum absolute atomic E-state index is 12.4. The van der Waals surface area contributed by atoms with Crippen LogP contribution < -0.4 is 0 Å². The van der Waals surface area contributed by atoms with Crippen LogP contribution in [-0.2, 0) is 16.0 Å². The Labute approximate surface area is 135 Å². The van der Waals surface area contributed by atoms with E-state index >= 15 is 0 Å². The van der Waals surface area contributed by atoms with E-state index < -0.39 is 0 Å². The molecule has 1 fully saturated rings. The van der Waals surface area contributed by atoms with Gasteiger partial charge in [-0.25, -0.2) is 9.97 Å². The number of aryl methyl sites for hydroxylation is 2. The Kier molecular flexibility index (Phi) is 4.92. The Morgan fingerprint density at radius 2 is 2.30 bits per heavy atom. The lowest BCUT2D eigenvalue weighted by Gasteiger charge is -2.32. The van der Waals surface area contributed by atoms with Gasteiger partial charge in [-0.3, -0.25) is 9.78 Å². The van der Waals surface area contributed by atoms with Gasteiger partial charge in [-0.2, -0.15) is 0 Å². The molecule has 1 saturated heterocycles. The van der Waals surface area contributed by atoms with Gasteiger partial charge in [0, 0.05) is 37.3 Å². The summed E-state index contributed by atoms with van der Waals surface area (Å²) >= 11 is 0. The average Bonchev–Trinajstić information content (AvgIpc) is 2.61. The summed E-state index contributed by atoms with van der Waals surface area (Å²) in [6.45, 7) is 3.56. The van der Waals surface area contributed by atoms with Gasteiger partial charge >= 0.3 is 0 Å². The SMILES string of the molecule is Cc1ccnc([C@@H]2CN(C(=O)CCc3cccnc3)CCO2)n1. The summed E-state index contributed by atoms with van der Waals surface area (Å²) in [5, 5.41) is 0. The van der Waals surface area contributed by atoms with Crippen LogP contribution in [0.3, 0.4) is 0 Å². The molecule has 0 aliphatic carbocycles. The fourth-order valence-corrected chi connectivity index (χ4v) is 2.61. The van der Waals surface area contributed by atoms with Crippen LogP contribution in [0.5, 0.6) is 0 Å². The highest BCUT2D eigenvalue weighted by molar-refractivity contribution is 5.76. The quantitative estimate of drug-likeness (QED) is 0.860. The number of rotatable bonds is 4. The third-order valence-electron chi connectivity index (χ3n) is 3.87. The van der Waals surface area contributed by atoms with E-state index in [0.29, 0.717) is 38.4 Å². The number of aromatic nitrogens is 3. The van der Waals surface area contributed by atoms with E-state index in [2.05, 4.69) is 15.0 Å². The second kappa shape index (κ2) is 7.28. The first-order valence-corrected chi connectivity index (χ1v) is 7.80. The monoisotopic (exact) mass is 312 g/mol. The smallest absolute Gasteiger partial charge is 0.223 e. The molecule has 0 unspecified atom stereocenters. The lowest BCUT2D eigenvalue weighted by atomic mass is 10.1. The van der Waals surface area contributed by atoms with Crippen molar-refractivity contribution < 1.29 is 9.53 Å². The van der Waals surface area contributed by atoms with Gasteiger partial charge in [0.2, 0.25) is 5.91 Å². The Morgan fingerprint density at radius 1 is 1.39 bits per heavy atom. The average molecular weight is 312 g/mol. The molecule has 1 amide bonds. The molecule has 0 N–H and O–H groups in total. The van der Waals surface area contributed by atoms with Crippen molar-refractivity contribution in [3.05, 3.63) is 53.9 Å². The second-order valence-corrected chi connectivity index (χ2v) is 5.62. The summed E-state index contributed by atoms with van der Waals surface area (Å²) < 4.78 is 5.73. The standard InChI is InChI=1S/C17H20N4O2/c1-13-6-8-19-17(20-13)15-12-21(9-10-23-15)16(22)5-4-14-3-2-7-18-11-14/h2-3,6-8,11,15H,4-5,9-10,12H2,1H3/t15-/m0/s1. The number of morpholine rings is 1. The highest BCUT2D eigenvalue weighted by Crippen LogP contribution is 2.20. The molecule has 0 bridgehead atoms. The van der Waals surface area contributed by atoms with Crippen molar-refractivity contribution in [2.24, 2.45) is 0 Å². The van der Waals surface area contributed by atoms with Crippen LogP contribution in [-0.4, -0.2) is 45.5 Å². The number of nitrogens with zero attached hydrogens (tertiary/aromatic N) is 4. The third kappa shape index (κ3) is 4.10. The molecular formula is C17H20N4O2. The summed E-state index contributed by atoms with van der Waals surface area (Å²) in [5.41, 5.74) is 1.98. The van der Waals surface area contributed by atoms with E-state index in [1.165, 1.54) is 0 Å². The number of amides is 1. The van der Waals surface area contributed by atoms with Gasteiger partial charge in [0.05, 0.1) is 13.2 Å². The molecule has 1 aliphatic heterocycles. The van der Waals surface area contributed by atoms with Crippen LogP contribution in [0.1, 0.15) is 29.6 Å². The normalized spacial score (nSPS) is 18.0. The fourth-order valence-electron chi connectivity index (χ4n) is 2.61. The first-order chi connectivity index (χ1) is 11.2. The summed E-state index contributed by atoms with van der Waals surface area (Å²) in [6, 6.07) is 5.73. The lowest BCUT2D eigenvalue weighted by Crippen LogP contribution is -2.42. The zero-order chi connectivity index (χ0) is 16.1. The lowest BCUT2D eigenvalue weighted by molar-refractivity contribution is -0.139. The van der Waals surface area contributed by atoms with E-state index in [0.717, 1.165) is 11.3 Å². The first-order valence-electron chi connectivity index (χ1n) is 7.80. The minimum atomic E-state index is -0.244. The maximum Gasteiger partial charge on any atom is 0.223 e. The maximum atomic E-state index is 12.4. The van der Waals surface area contributed by atoms with Crippen LogP contribution in [0, 0.1) is 6.92 Å². The number of carbonyl (C=O) groups excluding carboxylic acids is 1. The fraction of sp³-hybridized carbons (Fsp3) is 0.412. The molecule has 0 aromatic carbocycles. The molecule has 0 radical (unpaired) electrons. The molecule has 23 heavy (non-hydrogen) atoms. The van der Waals surface area contributed by atoms with E-state index in [4.69, 9.17) is 4.74 Å². The molecule has 6 heteroatoms. The van der Waals surface area contributed by atoms with Crippen LogP contribution in [0.2, 0.25) is 0 Å². The van der Waals surface area contributed by atoms with Crippen molar-refractivity contribution >= 4 is 5.91 Å². The molecule has 6 nitrogen and oxygen atoms in total. The zero-order valence-corrected chi connectivity index (χ0v) is 13.2. The first kappa shape index (κ1) is 15.6. The second-order valence-electron chi connectivity index (χ2n) is 5.62. The van der Waals surface area contributed by atoms with Crippen molar-refractivity contribution in [2.45, 2.75) is 25.9 Å². The molecule has 1 atom stereocenters. The number of carbonyl (C=O) groups is 1. The van der Waals surface area contributed by atoms with Crippen molar-refractivity contribution in [1.29, 1.82) is 0 Å². The Balaban J connectivity index is 1.58. The molecule has 0 spiro atoms. The van der Waals surface area contributed by atoms with E-state index in [-0.39, 0.29) is 12.0 Å². The van der Waals surface area contributed by atoms with Crippen molar-refractivity contribution in [3.8, 4) is 0 Å². The van der Waals surface area contributed by atoms with Gasteiger partial charge < -0.3 is 9.64 Å². The third-order valence-corrected chi connectivity index (χ3v) is 3.87. The molecule has 3 rings (SSSR count). The molecule has 0 saturated carbocycles. The summed E-state index contributed by atoms with van der Waals surface area (Å²) in [5.74, 6) is 0.782.